The second kappa shape index (κ2) is 11.7. The maximum Gasteiger partial charge on any atom is 0.335 e. The van der Waals surface area contributed by atoms with Crippen LogP contribution in [0.25, 0.3) is 22.2 Å². The summed E-state index contributed by atoms with van der Waals surface area (Å²) < 4.78 is 8.28. The highest BCUT2D eigenvalue weighted by Crippen LogP contribution is 2.44. The maximum atomic E-state index is 13.0. The predicted octanol–water partition coefficient (Wildman–Crippen LogP) is 5.53. The minimum Gasteiger partial charge on any atom is -0.489 e. The average Bonchev–Trinajstić information content (AvgIpc) is 3.27. The first kappa shape index (κ1) is 27.7. The van der Waals surface area contributed by atoms with E-state index < -0.39 is 5.97 Å². The molecule has 8 heteroatoms. The number of aromatic nitrogens is 1. The molecule has 3 aromatic rings. The zero-order chi connectivity index (χ0) is 28.4. The first-order chi connectivity index (χ1) is 19.2. The Hall–Kier alpha value is -3.81. The third-order valence-corrected chi connectivity index (χ3v) is 8.41. The fourth-order valence-electron chi connectivity index (χ4n) is 6.27. The zero-order valence-electron chi connectivity index (χ0n) is 23.7. The summed E-state index contributed by atoms with van der Waals surface area (Å²) in [6.07, 6.45) is 7.47. The molecule has 1 N–H and O–H groups in total. The predicted molar refractivity (Wildman–Crippen MR) is 155 cm³/mol. The maximum absolute atomic E-state index is 13.0. The van der Waals surface area contributed by atoms with Crippen molar-refractivity contribution in [1.82, 2.24) is 14.4 Å². The van der Waals surface area contributed by atoms with Crippen molar-refractivity contribution in [2.45, 2.75) is 70.4 Å². The van der Waals surface area contributed by atoms with Crippen molar-refractivity contribution in [3.63, 3.8) is 0 Å². The number of likely N-dealkylation sites (tertiary alicyclic amines) is 1. The highest BCUT2D eigenvalue weighted by atomic mass is 16.5. The summed E-state index contributed by atoms with van der Waals surface area (Å²) in [6.45, 7) is 3.09. The van der Waals surface area contributed by atoms with Crippen molar-refractivity contribution in [1.29, 1.82) is 0 Å². The summed E-state index contributed by atoms with van der Waals surface area (Å²) in [6, 6.07) is 13.3. The van der Waals surface area contributed by atoms with Gasteiger partial charge >= 0.3 is 5.97 Å². The van der Waals surface area contributed by atoms with Gasteiger partial charge in [-0.2, -0.15) is 0 Å². The lowest BCUT2D eigenvalue weighted by molar-refractivity contribution is -0.131. The number of carbonyl (C=O) groups excluding carboxylic acids is 2. The number of piperidine rings is 1. The van der Waals surface area contributed by atoms with Gasteiger partial charge in [0.25, 0.3) is 0 Å². The van der Waals surface area contributed by atoms with Crippen LogP contribution in [-0.4, -0.2) is 70.5 Å². The molecule has 2 fully saturated rings. The molecule has 1 aliphatic carbocycles. The van der Waals surface area contributed by atoms with Crippen molar-refractivity contribution in [3.8, 4) is 17.0 Å². The topological polar surface area (TPSA) is 92.1 Å². The summed E-state index contributed by atoms with van der Waals surface area (Å²) in [5.41, 5.74) is 4.14. The number of carbonyl (C=O) groups is 3. The molecule has 0 spiro atoms. The molecule has 2 amide bonds. The standard InChI is InChI=1S/C32H39N3O5/c1-21(36)34-17-7-10-26(19-34)40-25-14-11-23(12-15-25)31-30(22-8-5-4-6-9-22)27-16-13-24(32(38)39)18-28(27)35(31)20-29(37)33(2)3/h11-16,18,22,26H,4-10,17,19-20H2,1-3H3,(H,38,39). The molecule has 2 aromatic carbocycles. The lowest BCUT2D eigenvalue weighted by atomic mass is 9.81. The Labute approximate surface area is 235 Å². The molecule has 8 nitrogen and oxygen atoms in total. The number of hydrogen-bond acceptors (Lipinski definition) is 4. The van der Waals surface area contributed by atoms with Crippen LogP contribution in [-0.2, 0) is 16.1 Å². The molecule has 2 aliphatic rings. The van der Waals surface area contributed by atoms with E-state index in [0.717, 1.165) is 73.0 Å². The van der Waals surface area contributed by atoms with Crippen LogP contribution in [0.5, 0.6) is 5.75 Å². The first-order valence-electron chi connectivity index (χ1n) is 14.3. The number of ether oxygens (including phenoxy) is 1. The first-order valence-corrected chi connectivity index (χ1v) is 14.3. The van der Waals surface area contributed by atoms with E-state index in [2.05, 4.69) is 0 Å². The van der Waals surface area contributed by atoms with E-state index in [-0.39, 0.29) is 30.0 Å². The van der Waals surface area contributed by atoms with Crippen LogP contribution in [0.15, 0.2) is 42.5 Å². The molecule has 5 rings (SSSR count). The van der Waals surface area contributed by atoms with Crippen molar-refractivity contribution < 1.29 is 24.2 Å². The van der Waals surface area contributed by atoms with Crippen molar-refractivity contribution >= 4 is 28.7 Å². The van der Waals surface area contributed by atoms with Gasteiger partial charge < -0.3 is 24.2 Å². The fraction of sp³-hybridized carbons (Fsp3) is 0.469. The highest BCUT2D eigenvalue weighted by molar-refractivity contribution is 5.99. The monoisotopic (exact) mass is 545 g/mol. The summed E-state index contributed by atoms with van der Waals surface area (Å²) >= 11 is 0. The van der Waals surface area contributed by atoms with E-state index in [9.17, 15) is 19.5 Å². The number of rotatable bonds is 7. The Morgan fingerprint density at radius 3 is 2.35 bits per heavy atom. The van der Waals surface area contributed by atoms with Crippen LogP contribution in [0.4, 0.5) is 0 Å². The number of amides is 2. The van der Waals surface area contributed by atoms with Gasteiger partial charge in [0.05, 0.1) is 23.3 Å². The molecule has 40 heavy (non-hydrogen) atoms. The van der Waals surface area contributed by atoms with Gasteiger partial charge in [-0.05, 0) is 79.1 Å². The van der Waals surface area contributed by atoms with E-state index in [1.807, 2.05) is 39.8 Å². The van der Waals surface area contributed by atoms with E-state index in [4.69, 9.17) is 4.74 Å². The molecule has 1 atom stereocenters. The normalized spacial score (nSPS) is 18.1. The molecule has 1 aromatic heterocycles. The highest BCUT2D eigenvalue weighted by Gasteiger charge is 2.28. The second-order valence-corrected chi connectivity index (χ2v) is 11.4. The van der Waals surface area contributed by atoms with Gasteiger partial charge in [0.2, 0.25) is 11.8 Å². The molecule has 0 radical (unpaired) electrons. The van der Waals surface area contributed by atoms with Crippen LogP contribution in [0.3, 0.4) is 0 Å². The largest absolute Gasteiger partial charge is 0.489 e. The molecule has 1 saturated heterocycles. The number of carboxylic acids is 1. The summed E-state index contributed by atoms with van der Waals surface area (Å²) in [5, 5.41) is 10.8. The van der Waals surface area contributed by atoms with Gasteiger partial charge in [0.1, 0.15) is 18.4 Å². The van der Waals surface area contributed by atoms with Crippen LogP contribution in [0.2, 0.25) is 0 Å². The number of fused-ring (bicyclic) bond motifs is 1. The Bertz CT molecular complexity index is 1400. The summed E-state index contributed by atoms with van der Waals surface area (Å²) in [4.78, 5) is 40.2. The van der Waals surface area contributed by atoms with Crippen LogP contribution in [0, 0.1) is 0 Å². The van der Waals surface area contributed by atoms with Gasteiger partial charge in [-0.1, -0.05) is 25.3 Å². The number of likely N-dealkylation sites (N-methyl/N-ethyl adjacent to an activating group) is 1. The van der Waals surface area contributed by atoms with Gasteiger partial charge in [-0.25, -0.2) is 4.79 Å². The van der Waals surface area contributed by atoms with Crippen molar-refractivity contribution in [2.75, 3.05) is 27.2 Å². The molecule has 1 unspecified atom stereocenters. The number of carboxylic acid groups (broad SMARTS) is 1. The van der Waals surface area contributed by atoms with Gasteiger partial charge in [-0.3, -0.25) is 9.59 Å². The van der Waals surface area contributed by atoms with E-state index in [0.29, 0.717) is 12.5 Å². The smallest absolute Gasteiger partial charge is 0.335 e. The van der Waals surface area contributed by atoms with E-state index in [1.54, 1.807) is 38.1 Å². The zero-order valence-corrected chi connectivity index (χ0v) is 23.7. The van der Waals surface area contributed by atoms with E-state index >= 15 is 0 Å². The molecule has 0 bridgehead atoms. The Balaban J connectivity index is 1.58. The van der Waals surface area contributed by atoms with Crippen LogP contribution >= 0.6 is 0 Å². The minimum atomic E-state index is -0.984. The quantitative estimate of drug-likeness (QED) is 0.421. The van der Waals surface area contributed by atoms with Crippen molar-refractivity contribution in [3.05, 3.63) is 53.6 Å². The second-order valence-electron chi connectivity index (χ2n) is 11.4. The molecular weight excluding hydrogens is 506 g/mol. The molecule has 1 aliphatic heterocycles. The fourth-order valence-corrected chi connectivity index (χ4v) is 6.27. The Morgan fingerprint density at radius 2 is 1.70 bits per heavy atom. The molecule has 2 heterocycles. The number of aromatic carboxylic acids is 1. The number of nitrogens with zero attached hydrogens (tertiary/aromatic N) is 3. The lowest BCUT2D eigenvalue weighted by Gasteiger charge is -2.32. The van der Waals surface area contributed by atoms with Gasteiger partial charge in [-0.15, -0.1) is 0 Å². The molecular formula is C32H39N3O5. The van der Waals surface area contributed by atoms with Gasteiger partial charge in [0, 0.05) is 33.0 Å². The lowest BCUT2D eigenvalue weighted by Crippen LogP contribution is -2.43. The molecule has 1 saturated carbocycles. The minimum absolute atomic E-state index is 0.0418. The Kier molecular flexibility index (Phi) is 8.14. The average molecular weight is 546 g/mol. The number of hydrogen-bond donors (Lipinski definition) is 1. The van der Waals surface area contributed by atoms with Crippen LogP contribution in [0.1, 0.15) is 73.7 Å². The summed E-state index contributed by atoms with van der Waals surface area (Å²) in [7, 11) is 3.48. The number of benzene rings is 2. The third kappa shape index (κ3) is 5.71. The van der Waals surface area contributed by atoms with Gasteiger partial charge in [0.15, 0.2) is 0 Å². The summed E-state index contributed by atoms with van der Waals surface area (Å²) in [5.74, 6) is 0.125. The van der Waals surface area contributed by atoms with Crippen LogP contribution < -0.4 is 4.74 Å². The molecule has 212 valence electrons. The van der Waals surface area contributed by atoms with E-state index in [1.165, 1.54) is 12.0 Å². The van der Waals surface area contributed by atoms with Crippen molar-refractivity contribution in [2.24, 2.45) is 0 Å². The third-order valence-electron chi connectivity index (χ3n) is 8.41. The Morgan fingerprint density at radius 1 is 0.975 bits per heavy atom. The SMILES string of the molecule is CC(=O)N1CCCC(Oc2ccc(-c3c(C4CCCCC4)c4ccc(C(=O)O)cc4n3CC(=O)N(C)C)cc2)C1.